The third-order valence-electron chi connectivity index (χ3n) is 2.86. The molecule has 2 nitrogen and oxygen atoms in total. The van der Waals surface area contributed by atoms with Crippen molar-refractivity contribution in [2.45, 2.75) is 19.6 Å². The number of anilines is 1. The molecule has 0 bridgehead atoms. The van der Waals surface area contributed by atoms with E-state index in [0.717, 1.165) is 9.35 Å². The zero-order valence-corrected chi connectivity index (χ0v) is 13.1. The quantitative estimate of drug-likeness (QED) is 0.892. The first-order valence-corrected chi connectivity index (χ1v) is 7.57. The van der Waals surface area contributed by atoms with E-state index in [-0.39, 0.29) is 5.82 Å². The average molecular weight is 344 g/mol. The molecule has 0 aliphatic heterocycles. The van der Waals surface area contributed by atoms with Crippen LogP contribution in [0.2, 0.25) is 0 Å². The number of hydrogen-bond donors (Lipinski definition) is 1. The fourth-order valence-electron chi connectivity index (χ4n) is 2.02. The van der Waals surface area contributed by atoms with Gasteiger partial charge in [-0.2, -0.15) is 0 Å². The van der Waals surface area contributed by atoms with E-state index in [2.05, 4.69) is 15.9 Å². The SMILES string of the molecule is C[C@@H](O)c1cccc(F)c1N(C)Cc1cc(Br)cs1. The Morgan fingerprint density at radius 1 is 1.47 bits per heavy atom. The smallest absolute Gasteiger partial charge is 0.146 e. The molecule has 0 spiro atoms. The standard InChI is InChI=1S/C14H15BrFNOS/c1-9(18)12-4-3-5-13(16)14(12)17(2)7-11-6-10(15)8-19-11/h3-6,8-9,18H,7H2,1-2H3/t9-/m1/s1. The Labute approximate surface area is 124 Å². The molecule has 0 saturated carbocycles. The molecule has 1 heterocycles. The number of thiophene rings is 1. The van der Waals surface area contributed by atoms with Crippen molar-refractivity contribution in [1.82, 2.24) is 0 Å². The maximum Gasteiger partial charge on any atom is 0.146 e. The number of halogens is 2. The highest BCUT2D eigenvalue weighted by molar-refractivity contribution is 9.10. The Morgan fingerprint density at radius 2 is 2.21 bits per heavy atom. The van der Waals surface area contributed by atoms with E-state index in [0.29, 0.717) is 17.8 Å². The Hall–Kier alpha value is -0.910. The number of rotatable bonds is 4. The molecule has 5 heteroatoms. The molecule has 0 fully saturated rings. The van der Waals surface area contributed by atoms with Gasteiger partial charge in [0, 0.05) is 27.3 Å². The van der Waals surface area contributed by atoms with Crippen LogP contribution in [0.1, 0.15) is 23.5 Å². The van der Waals surface area contributed by atoms with Crippen LogP contribution in [0.25, 0.3) is 0 Å². The molecule has 1 aromatic carbocycles. The summed E-state index contributed by atoms with van der Waals surface area (Å²) in [6, 6.07) is 6.81. The third-order valence-corrected chi connectivity index (χ3v) is 4.55. The van der Waals surface area contributed by atoms with Gasteiger partial charge in [-0.3, -0.25) is 0 Å². The van der Waals surface area contributed by atoms with Gasteiger partial charge in [0.1, 0.15) is 5.82 Å². The molecular weight excluding hydrogens is 329 g/mol. The second-order valence-corrected chi connectivity index (χ2v) is 6.35. The maximum absolute atomic E-state index is 14.0. The largest absolute Gasteiger partial charge is 0.389 e. The number of hydrogen-bond acceptors (Lipinski definition) is 3. The molecule has 102 valence electrons. The first-order chi connectivity index (χ1) is 8.99. The van der Waals surface area contributed by atoms with Crippen molar-refractivity contribution in [2.75, 3.05) is 11.9 Å². The highest BCUT2D eigenvalue weighted by Gasteiger charge is 2.16. The van der Waals surface area contributed by atoms with Crippen molar-refractivity contribution in [2.24, 2.45) is 0 Å². The summed E-state index contributed by atoms with van der Waals surface area (Å²) in [6.07, 6.45) is -0.691. The minimum absolute atomic E-state index is 0.309. The lowest BCUT2D eigenvalue weighted by atomic mass is 10.1. The Kier molecular flexibility index (Phi) is 4.60. The number of aliphatic hydroxyl groups is 1. The van der Waals surface area contributed by atoms with Gasteiger partial charge < -0.3 is 10.0 Å². The summed E-state index contributed by atoms with van der Waals surface area (Å²) in [5, 5.41) is 11.7. The summed E-state index contributed by atoms with van der Waals surface area (Å²) in [5.41, 5.74) is 1.07. The van der Waals surface area contributed by atoms with E-state index >= 15 is 0 Å². The summed E-state index contributed by atoms with van der Waals surface area (Å²) in [6.45, 7) is 2.25. The van der Waals surface area contributed by atoms with Crippen molar-refractivity contribution >= 4 is 33.0 Å². The second kappa shape index (κ2) is 6.03. The first-order valence-electron chi connectivity index (χ1n) is 5.89. The lowest BCUT2D eigenvalue weighted by molar-refractivity contribution is 0.199. The van der Waals surface area contributed by atoms with Crippen molar-refractivity contribution in [3.8, 4) is 0 Å². The number of benzene rings is 1. The fraction of sp³-hybridized carbons (Fsp3) is 0.286. The summed E-state index contributed by atoms with van der Waals surface area (Å²) in [7, 11) is 1.83. The van der Waals surface area contributed by atoms with Crippen molar-refractivity contribution in [3.05, 3.63) is 50.4 Å². The molecule has 0 unspecified atom stereocenters. The van der Waals surface area contributed by atoms with E-state index in [1.54, 1.807) is 30.4 Å². The third kappa shape index (κ3) is 3.35. The van der Waals surface area contributed by atoms with E-state index in [1.807, 2.05) is 23.4 Å². The highest BCUT2D eigenvalue weighted by Crippen LogP contribution is 2.30. The number of nitrogens with zero attached hydrogens (tertiary/aromatic N) is 1. The van der Waals surface area contributed by atoms with Crippen LogP contribution in [0.3, 0.4) is 0 Å². The van der Waals surface area contributed by atoms with Crippen LogP contribution in [0, 0.1) is 5.82 Å². The number of aliphatic hydroxyl groups excluding tert-OH is 1. The van der Waals surface area contributed by atoms with E-state index in [9.17, 15) is 9.50 Å². The molecule has 1 atom stereocenters. The van der Waals surface area contributed by atoms with Gasteiger partial charge in [0.15, 0.2) is 0 Å². The van der Waals surface area contributed by atoms with Crippen LogP contribution in [-0.2, 0) is 6.54 Å². The van der Waals surface area contributed by atoms with Crippen molar-refractivity contribution in [1.29, 1.82) is 0 Å². The normalized spacial score (nSPS) is 12.5. The van der Waals surface area contributed by atoms with Gasteiger partial charge >= 0.3 is 0 Å². The minimum Gasteiger partial charge on any atom is -0.389 e. The lowest BCUT2D eigenvalue weighted by Gasteiger charge is -2.23. The lowest BCUT2D eigenvalue weighted by Crippen LogP contribution is -2.19. The van der Waals surface area contributed by atoms with Crippen LogP contribution in [0.5, 0.6) is 0 Å². The molecule has 0 aliphatic rings. The van der Waals surface area contributed by atoms with E-state index in [4.69, 9.17) is 0 Å². The topological polar surface area (TPSA) is 23.5 Å². The van der Waals surface area contributed by atoms with Gasteiger partial charge in [-0.15, -0.1) is 11.3 Å². The number of para-hydroxylation sites is 1. The minimum atomic E-state index is -0.691. The average Bonchev–Trinajstić information content (AvgIpc) is 2.74. The van der Waals surface area contributed by atoms with Crippen molar-refractivity contribution < 1.29 is 9.50 Å². The van der Waals surface area contributed by atoms with Crippen LogP contribution in [0.15, 0.2) is 34.1 Å². The zero-order chi connectivity index (χ0) is 14.0. The van der Waals surface area contributed by atoms with Gasteiger partial charge in [0.25, 0.3) is 0 Å². The summed E-state index contributed by atoms with van der Waals surface area (Å²) < 4.78 is 15.0. The first kappa shape index (κ1) is 14.5. The molecule has 2 aromatic rings. The predicted molar refractivity (Wildman–Crippen MR) is 81.2 cm³/mol. The Morgan fingerprint density at radius 3 is 2.79 bits per heavy atom. The molecule has 1 aromatic heterocycles. The van der Waals surface area contributed by atoms with Crippen LogP contribution < -0.4 is 4.90 Å². The Balaban J connectivity index is 2.30. The van der Waals surface area contributed by atoms with Gasteiger partial charge in [-0.1, -0.05) is 12.1 Å². The van der Waals surface area contributed by atoms with Crippen molar-refractivity contribution in [3.63, 3.8) is 0 Å². The molecular formula is C14H15BrFNOS. The second-order valence-electron chi connectivity index (χ2n) is 4.44. The van der Waals surface area contributed by atoms with Gasteiger partial charge in [-0.05, 0) is 35.0 Å². The molecule has 0 radical (unpaired) electrons. The zero-order valence-electron chi connectivity index (χ0n) is 10.7. The molecule has 2 rings (SSSR count). The molecule has 19 heavy (non-hydrogen) atoms. The van der Waals surface area contributed by atoms with Crippen LogP contribution in [0.4, 0.5) is 10.1 Å². The summed E-state index contributed by atoms with van der Waals surface area (Å²) in [4.78, 5) is 2.96. The summed E-state index contributed by atoms with van der Waals surface area (Å²) in [5.74, 6) is -0.309. The van der Waals surface area contributed by atoms with E-state index in [1.165, 1.54) is 6.07 Å². The van der Waals surface area contributed by atoms with Gasteiger partial charge in [0.05, 0.1) is 18.3 Å². The van der Waals surface area contributed by atoms with Crippen LogP contribution >= 0.6 is 27.3 Å². The highest BCUT2D eigenvalue weighted by atomic mass is 79.9. The summed E-state index contributed by atoms with van der Waals surface area (Å²) >= 11 is 5.03. The molecule has 0 aliphatic carbocycles. The molecule has 0 amide bonds. The maximum atomic E-state index is 14.0. The molecule has 1 N–H and O–H groups in total. The molecule has 0 saturated heterocycles. The van der Waals surface area contributed by atoms with Gasteiger partial charge in [-0.25, -0.2) is 4.39 Å². The predicted octanol–water partition coefficient (Wildman–Crippen LogP) is 4.34. The van der Waals surface area contributed by atoms with E-state index < -0.39 is 6.10 Å². The monoisotopic (exact) mass is 343 g/mol. The van der Waals surface area contributed by atoms with Gasteiger partial charge in [0.2, 0.25) is 0 Å². The fourth-order valence-corrected chi connectivity index (χ4v) is 3.52. The Bertz CT molecular complexity index is 570. The van der Waals surface area contributed by atoms with Crippen LogP contribution in [-0.4, -0.2) is 12.2 Å².